The number of rotatable bonds is 6. The zero-order valence-corrected chi connectivity index (χ0v) is 17.7. The zero-order chi connectivity index (χ0) is 21.5. The van der Waals surface area contributed by atoms with Crippen LogP contribution in [-0.4, -0.2) is 42.3 Å². The molecule has 1 N–H and O–H groups in total. The van der Waals surface area contributed by atoms with E-state index in [0.29, 0.717) is 48.3 Å². The third-order valence-corrected chi connectivity index (χ3v) is 5.32. The fraction of sp³-hybridized carbons (Fsp3) is 0.348. The Morgan fingerprint density at radius 1 is 1.10 bits per heavy atom. The van der Waals surface area contributed by atoms with E-state index in [1.807, 2.05) is 12.1 Å². The highest BCUT2D eigenvalue weighted by Gasteiger charge is 2.24. The van der Waals surface area contributed by atoms with Gasteiger partial charge in [-0.1, -0.05) is 29.8 Å². The molecule has 6 nitrogen and oxygen atoms in total. The molecule has 1 saturated heterocycles. The molecule has 0 aliphatic carbocycles. The van der Waals surface area contributed by atoms with Crippen molar-refractivity contribution in [2.45, 2.75) is 26.2 Å². The number of ether oxygens (including phenoxy) is 1. The van der Waals surface area contributed by atoms with Crippen molar-refractivity contribution in [3.05, 3.63) is 64.7 Å². The van der Waals surface area contributed by atoms with Crippen molar-refractivity contribution in [2.24, 2.45) is 5.92 Å². The molecular formula is C23H25ClN2O4. The molecule has 158 valence electrons. The molecular weight excluding hydrogens is 404 g/mol. The van der Waals surface area contributed by atoms with Gasteiger partial charge in [-0.3, -0.25) is 14.4 Å². The van der Waals surface area contributed by atoms with Gasteiger partial charge in [0.25, 0.3) is 5.91 Å². The van der Waals surface area contributed by atoms with Gasteiger partial charge in [-0.25, -0.2) is 0 Å². The molecule has 2 aromatic rings. The molecule has 1 heterocycles. The number of nitrogens with zero attached hydrogens (tertiary/aromatic N) is 1. The molecule has 0 unspecified atom stereocenters. The van der Waals surface area contributed by atoms with E-state index >= 15 is 0 Å². The van der Waals surface area contributed by atoms with Crippen molar-refractivity contribution in [2.75, 3.05) is 19.6 Å². The van der Waals surface area contributed by atoms with Gasteiger partial charge in [0.2, 0.25) is 5.91 Å². The number of piperidine rings is 1. The standard InChI is InChI=1S/C23H25ClN2O4/c1-16(27)30-21-7-3-5-19(14-21)23(29)26-10-8-17(9-11-26)15-25-22(28)13-18-4-2-6-20(24)12-18/h2-7,12,14,17H,8-11,13,15H2,1H3,(H,25,28). The Bertz CT molecular complexity index is 923. The fourth-order valence-corrected chi connectivity index (χ4v) is 3.75. The van der Waals surface area contributed by atoms with E-state index in [0.717, 1.165) is 18.4 Å². The first kappa shape index (κ1) is 21.8. The van der Waals surface area contributed by atoms with Crippen molar-refractivity contribution in [1.29, 1.82) is 0 Å². The van der Waals surface area contributed by atoms with Crippen molar-refractivity contribution >= 4 is 29.4 Å². The quantitative estimate of drug-likeness (QED) is 0.564. The summed E-state index contributed by atoms with van der Waals surface area (Å²) in [6, 6.07) is 13.9. The predicted octanol–water partition coefficient (Wildman–Crippen LogP) is 3.48. The minimum absolute atomic E-state index is 0.0296. The topological polar surface area (TPSA) is 75.7 Å². The number of likely N-dealkylation sites (tertiary alicyclic amines) is 1. The molecule has 1 fully saturated rings. The van der Waals surface area contributed by atoms with Gasteiger partial charge in [0.05, 0.1) is 6.42 Å². The molecule has 0 radical (unpaired) electrons. The zero-order valence-electron chi connectivity index (χ0n) is 16.9. The van der Waals surface area contributed by atoms with E-state index in [1.165, 1.54) is 6.92 Å². The van der Waals surface area contributed by atoms with Crippen LogP contribution in [0.25, 0.3) is 0 Å². The number of carbonyl (C=O) groups excluding carboxylic acids is 3. The number of amides is 2. The Labute approximate surface area is 181 Å². The van der Waals surface area contributed by atoms with Gasteiger partial charge in [-0.2, -0.15) is 0 Å². The van der Waals surface area contributed by atoms with Crippen LogP contribution in [0, 0.1) is 5.92 Å². The van der Waals surface area contributed by atoms with Crippen LogP contribution in [0.2, 0.25) is 5.02 Å². The molecule has 0 spiro atoms. The smallest absolute Gasteiger partial charge is 0.308 e. The number of nitrogens with one attached hydrogen (secondary N) is 1. The number of carbonyl (C=O) groups is 3. The first-order chi connectivity index (χ1) is 14.4. The SMILES string of the molecule is CC(=O)Oc1cccc(C(=O)N2CCC(CNC(=O)Cc3cccc(Cl)c3)CC2)c1. The summed E-state index contributed by atoms with van der Waals surface area (Å²) in [7, 11) is 0. The normalized spacial score (nSPS) is 14.3. The van der Waals surface area contributed by atoms with Crippen molar-refractivity contribution in [3.8, 4) is 5.75 Å². The Kier molecular flexibility index (Phi) is 7.46. The van der Waals surface area contributed by atoms with E-state index in [9.17, 15) is 14.4 Å². The lowest BCUT2D eigenvalue weighted by Gasteiger charge is -2.32. The molecule has 1 aliphatic heterocycles. The summed E-state index contributed by atoms with van der Waals surface area (Å²) >= 11 is 5.96. The van der Waals surface area contributed by atoms with Gasteiger partial charge in [0, 0.05) is 37.1 Å². The van der Waals surface area contributed by atoms with E-state index in [1.54, 1.807) is 41.3 Å². The van der Waals surface area contributed by atoms with Crippen LogP contribution >= 0.6 is 11.6 Å². The molecule has 7 heteroatoms. The molecule has 0 saturated carbocycles. The molecule has 0 atom stereocenters. The second-order valence-electron chi connectivity index (χ2n) is 7.47. The van der Waals surface area contributed by atoms with Gasteiger partial charge in [0.1, 0.15) is 5.75 Å². The maximum Gasteiger partial charge on any atom is 0.308 e. The van der Waals surface area contributed by atoms with Gasteiger partial charge in [-0.15, -0.1) is 0 Å². The molecule has 0 bridgehead atoms. The van der Waals surface area contributed by atoms with E-state index in [2.05, 4.69) is 5.32 Å². The van der Waals surface area contributed by atoms with Crippen LogP contribution in [0.5, 0.6) is 5.75 Å². The van der Waals surface area contributed by atoms with E-state index in [-0.39, 0.29) is 11.8 Å². The minimum atomic E-state index is -0.419. The Balaban J connectivity index is 1.45. The van der Waals surface area contributed by atoms with Crippen LogP contribution in [-0.2, 0) is 16.0 Å². The molecule has 3 rings (SSSR count). The predicted molar refractivity (Wildman–Crippen MR) is 115 cm³/mol. The number of hydrogen-bond acceptors (Lipinski definition) is 4. The molecule has 2 amide bonds. The summed E-state index contributed by atoms with van der Waals surface area (Å²) < 4.78 is 5.06. The number of esters is 1. The lowest BCUT2D eigenvalue weighted by atomic mass is 9.96. The summed E-state index contributed by atoms with van der Waals surface area (Å²) in [5.41, 5.74) is 1.39. The maximum atomic E-state index is 12.7. The summed E-state index contributed by atoms with van der Waals surface area (Å²) in [6.45, 7) is 3.19. The summed E-state index contributed by atoms with van der Waals surface area (Å²) in [4.78, 5) is 37.8. The minimum Gasteiger partial charge on any atom is -0.427 e. The highest BCUT2D eigenvalue weighted by atomic mass is 35.5. The number of hydrogen-bond donors (Lipinski definition) is 1. The van der Waals surface area contributed by atoms with Crippen LogP contribution in [0.15, 0.2) is 48.5 Å². The van der Waals surface area contributed by atoms with Crippen molar-refractivity contribution in [1.82, 2.24) is 10.2 Å². The highest BCUT2D eigenvalue weighted by Crippen LogP contribution is 2.21. The maximum absolute atomic E-state index is 12.7. The van der Waals surface area contributed by atoms with Gasteiger partial charge in [0.15, 0.2) is 0 Å². The second kappa shape index (κ2) is 10.3. The highest BCUT2D eigenvalue weighted by molar-refractivity contribution is 6.30. The fourth-order valence-electron chi connectivity index (χ4n) is 3.53. The third kappa shape index (κ3) is 6.32. The Morgan fingerprint density at radius 3 is 2.53 bits per heavy atom. The third-order valence-electron chi connectivity index (χ3n) is 5.09. The number of halogens is 1. The summed E-state index contributed by atoms with van der Waals surface area (Å²) in [5.74, 6) is 0.179. The van der Waals surface area contributed by atoms with Crippen LogP contribution in [0.3, 0.4) is 0 Å². The second-order valence-corrected chi connectivity index (χ2v) is 7.90. The average Bonchev–Trinajstić information content (AvgIpc) is 2.72. The lowest BCUT2D eigenvalue weighted by Crippen LogP contribution is -2.41. The lowest BCUT2D eigenvalue weighted by molar-refractivity contribution is -0.131. The Hall–Kier alpha value is -2.86. The monoisotopic (exact) mass is 428 g/mol. The molecule has 0 aromatic heterocycles. The molecule has 1 aliphatic rings. The Morgan fingerprint density at radius 2 is 1.83 bits per heavy atom. The summed E-state index contributed by atoms with van der Waals surface area (Å²) in [5, 5.41) is 3.61. The van der Waals surface area contributed by atoms with E-state index < -0.39 is 5.97 Å². The van der Waals surface area contributed by atoms with Crippen molar-refractivity contribution in [3.63, 3.8) is 0 Å². The molecule has 30 heavy (non-hydrogen) atoms. The van der Waals surface area contributed by atoms with Gasteiger partial charge < -0.3 is 15.0 Å². The van der Waals surface area contributed by atoms with E-state index in [4.69, 9.17) is 16.3 Å². The van der Waals surface area contributed by atoms with Crippen molar-refractivity contribution < 1.29 is 19.1 Å². The number of benzene rings is 2. The van der Waals surface area contributed by atoms with Gasteiger partial charge >= 0.3 is 5.97 Å². The van der Waals surface area contributed by atoms with Crippen LogP contribution in [0.4, 0.5) is 0 Å². The largest absolute Gasteiger partial charge is 0.427 e. The van der Waals surface area contributed by atoms with Gasteiger partial charge in [-0.05, 0) is 54.7 Å². The summed E-state index contributed by atoms with van der Waals surface area (Å²) in [6.07, 6.45) is 1.95. The van der Waals surface area contributed by atoms with Crippen LogP contribution < -0.4 is 10.1 Å². The average molecular weight is 429 g/mol. The first-order valence-electron chi connectivity index (χ1n) is 9.99. The first-order valence-corrected chi connectivity index (χ1v) is 10.4. The van der Waals surface area contributed by atoms with Crippen LogP contribution in [0.1, 0.15) is 35.7 Å². The molecule has 2 aromatic carbocycles.